The summed E-state index contributed by atoms with van der Waals surface area (Å²) in [6.45, 7) is 1.93. The lowest BCUT2D eigenvalue weighted by Crippen LogP contribution is -2.18. The van der Waals surface area contributed by atoms with Gasteiger partial charge in [0.2, 0.25) is 5.56 Å². The molecular weight excluding hydrogens is 475 g/mol. The van der Waals surface area contributed by atoms with Crippen molar-refractivity contribution in [2.45, 2.75) is 19.3 Å². The fourth-order valence-electron chi connectivity index (χ4n) is 4.41. The van der Waals surface area contributed by atoms with Gasteiger partial charge in [-0.3, -0.25) is 4.79 Å². The van der Waals surface area contributed by atoms with Crippen LogP contribution in [0.5, 0.6) is 5.75 Å². The van der Waals surface area contributed by atoms with Crippen molar-refractivity contribution in [3.8, 4) is 16.9 Å². The van der Waals surface area contributed by atoms with E-state index in [0.717, 1.165) is 11.1 Å². The third kappa shape index (κ3) is 5.59. The standard InChI is InChI=1S/C29H25FN2O5/c1-18-7-3-4-8-21(18)24(16-26(31-36)20-12-14-28(33)32(2)17-20)23-13-11-19(15-25(23)30)22-9-5-6-10-27(22)37-29(34)35/h3-15,17,24,36H,16H2,1-2H3,(H,34,35)/b31-26+. The number of rotatable bonds is 7. The van der Waals surface area contributed by atoms with Crippen molar-refractivity contribution >= 4 is 11.9 Å². The lowest BCUT2D eigenvalue weighted by atomic mass is 9.83. The number of aromatic nitrogens is 1. The average Bonchev–Trinajstić information content (AvgIpc) is 2.87. The molecule has 7 nitrogen and oxygen atoms in total. The molecule has 1 atom stereocenters. The van der Waals surface area contributed by atoms with Crippen LogP contribution in [0.25, 0.3) is 11.1 Å². The number of carboxylic acid groups (broad SMARTS) is 1. The molecule has 37 heavy (non-hydrogen) atoms. The number of hydrogen-bond donors (Lipinski definition) is 2. The Morgan fingerprint density at radius 2 is 1.76 bits per heavy atom. The first-order valence-electron chi connectivity index (χ1n) is 11.5. The second-order valence-electron chi connectivity index (χ2n) is 8.63. The molecule has 1 heterocycles. The molecule has 0 aliphatic heterocycles. The summed E-state index contributed by atoms with van der Waals surface area (Å²) in [7, 11) is 1.60. The molecular formula is C29H25FN2O5. The molecule has 0 radical (unpaired) electrons. The van der Waals surface area contributed by atoms with E-state index in [1.165, 1.54) is 22.8 Å². The normalized spacial score (nSPS) is 12.2. The van der Waals surface area contributed by atoms with E-state index in [4.69, 9.17) is 9.84 Å². The molecule has 4 aromatic rings. The van der Waals surface area contributed by atoms with Crippen molar-refractivity contribution in [2.24, 2.45) is 12.2 Å². The number of ether oxygens (including phenoxy) is 1. The van der Waals surface area contributed by atoms with Crippen LogP contribution in [0.15, 0.2) is 95.0 Å². The zero-order chi connectivity index (χ0) is 26.5. The number of aryl methyl sites for hydroxylation is 2. The highest BCUT2D eigenvalue weighted by molar-refractivity contribution is 6.00. The van der Waals surface area contributed by atoms with Crippen LogP contribution in [0.3, 0.4) is 0 Å². The molecule has 0 spiro atoms. The Labute approximate surface area is 212 Å². The minimum atomic E-state index is -1.46. The molecule has 0 aliphatic carbocycles. The van der Waals surface area contributed by atoms with Crippen molar-refractivity contribution in [3.05, 3.63) is 123 Å². The molecule has 0 saturated carbocycles. The third-order valence-electron chi connectivity index (χ3n) is 6.27. The lowest BCUT2D eigenvalue weighted by Gasteiger charge is -2.22. The SMILES string of the molecule is Cc1ccccc1C(C/C(=N\O)c1ccc(=O)n(C)c1)c1ccc(-c2ccccc2OC(=O)O)cc1F. The van der Waals surface area contributed by atoms with Gasteiger partial charge >= 0.3 is 6.16 Å². The quantitative estimate of drug-likeness (QED) is 0.107. The van der Waals surface area contributed by atoms with Crippen molar-refractivity contribution in [1.29, 1.82) is 0 Å². The maximum absolute atomic E-state index is 15.8. The molecule has 4 rings (SSSR count). The van der Waals surface area contributed by atoms with Crippen LogP contribution in [-0.2, 0) is 7.05 Å². The molecule has 8 heteroatoms. The molecule has 0 bridgehead atoms. The fourth-order valence-corrected chi connectivity index (χ4v) is 4.41. The van der Waals surface area contributed by atoms with Crippen molar-refractivity contribution < 1.29 is 24.2 Å². The minimum absolute atomic E-state index is 0.0991. The highest BCUT2D eigenvalue weighted by Crippen LogP contribution is 2.37. The molecule has 1 unspecified atom stereocenters. The highest BCUT2D eigenvalue weighted by atomic mass is 19.1. The first kappa shape index (κ1) is 25.4. The summed E-state index contributed by atoms with van der Waals surface area (Å²) in [6, 6.07) is 21.7. The zero-order valence-corrected chi connectivity index (χ0v) is 20.3. The van der Waals surface area contributed by atoms with Crippen molar-refractivity contribution in [2.75, 3.05) is 0 Å². The number of nitrogens with zero attached hydrogens (tertiary/aromatic N) is 2. The predicted molar refractivity (Wildman–Crippen MR) is 138 cm³/mol. The molecule has 0 saturated heterocycles. The summed E-state index contributed by atoms with van der Waals surface area (Å²) in [4.78, 5) is 22.9. The Kier molecular flexibility index (Phi) is 7.48. The summed E-state index contributed by atoms with van der Waals surface area (Å²) in [5.41, 5.74) is 3.70. The van der Waals surface area contributed by atoms with Crippen LogP contribution >= 0.6 is 0 Å². The van der Waals surface area contributed by atoms with Gasteiger partial charge in [0, 0.05) is 42.8 Å². The Bertz CT molecular complexity index is 1540. The first-order chi connectivity index (χ1) is 17.8. The van der Waals surface area contributed by atoms with E-state index in [0.29, 0.717) is 28.0 Å². The lowest BCUT2D eigenvalue weighted by molar-refractivity contribution is 0.144. The maximum Gasteiger partial charge on any atom is 0.511 e. The van der Waals surface area contributed by atoms with Crippen LogP contribution in [-0.4, -0.2) is 26.7 Å². The van der Waals surface area contributed by atoms with E-state index < -0.39 is 17.9 Å². The molecule has 0 aliphatic rings. The first-order valence-corrected chi connectivity index (χ1v) is 11.5. The molecule has 3 aromatic carbocycles. The number of benzene rings is 3. The van der Waals surface area contributed by atoms with Gasteiger partial charge in [-0.05, 0) is 47.4 Å². The van der Waals surface area contributed by atoms with Crippen LogP contribution in [0.4, 0.5) is 9.18 Å². The van der Waals surface area contributed by atoms with E-state index in [1.54, 1.807) is 49.6 Å². The zero-order valence-electron chi connectivity index (χ0n) is 20.3. The average molecular weight is 501 g/mol. The van der Waals surface area contributed by atoms with Gasteiger partial charge in [0.15, 0.2) is 0 Å². The van der Waals surface area contributed by atoms with E-state index in [9.17, 15) is 14.8 Å². The summed E-state index contributed by atoms with van der Waals surface area (Å²) in [5, 5.41) is 22.4. The summed E-state index contributed by atoms with van der Waals surface area (Å²) < 4.78 is 22.0. The molecule has 2 N–H and O–H groups in total. The molecule has 1 aromatic heterocycles. The van der Waals surface area contributed by atoms with Crippen molar-refractivity contribution in [3.63, 3.8) is 0 Å². The van der Waals surface area contributed by atoms with Crippen LogP contribution in [0.2, 0.25) is 0 Å². The van der Waals surface area contributed by atoms with Gasteiger partial charge in [-0.15, -0.1) is 0 Å². The van der Waals surface area contributed by atoms with E-state index in [2.05, 4.69) is 5.16 Å². The monoisotopic (exact) mass is 500 g/mol. The summed E-state index contributed by atoms with van der Waals surface area (Å²) in [6.07, 6.45) is 0.276. The summed E-state index contributed by atoms with van der Waals surface area (Å²) in [5.74, 6) is -0.917. The number of oxime groups is 1. The maximum atomic E-state index is 15.8. The van der Waals surface area contributed by atoms with Gasteiger partial charge in [-0.25, -0.2) is 9.18 Å². The molecule has 0 fully saturated rings. The van der Waals surface area contributed by atoms with Gasteiger partial charge in [0.1, 0.15) is 11.6 Å². The highest BCUT2D eigenvalue weighted by Gasteiger charge is 2.24. The van der Waals surface area contributed by atoms with Crippen LogP contribution in [0, 0.1) is 12.7 Å². The van der Waals surface area contributed by atoms with Gasteiger partial charge in [-0.1, -0.05) is 59.8 Å². The smallest absolute Gasteiger partial charge is 0.449 e. The Morgan fingerprint density at radius 3 is 2.43 bits per heavy atom. The van der Waals surface area contributed by atoms with Crippen molar-refractivity contribution in [1.82, 2.24) is 4.57 Å². The second-order valence-corrected chi connectivity index (χ2v) is 8.63. The Balaban J connectivity index is 1.79. The van der Waals surface area contributed by atoms with Gasteiger partial charge in [0.25, 0.3) is 0 Å². The largest absolute Gasteiger partial charge is 0.511 e. The van der Waals surface area contributed by atoms with Gasteiger partial charge in [-0.2, -0.15) is 0 Å². The predicted octanol–water partition coefficient (Wildman–Crippen LogP) is 5.96. The number of pyridine rings is 1. The third-order valence-corrected chi connectivity index (χ3v) is 6.27. The molecule has 188 valence electrons. The van der Waals surface area contributed by atoms with E-state index in [-0.39, 0.29) is 17.7 Å². The topological polar surface area (TPSA) is 101 Å². The van der Waals surface area contributed by atoms with E-state index in [1.807, 2.05) is 31.2 Å². The van der Waals surface area contributed by atoms with Gasteiger partial charge < -0.3 is 19.6 Å². The minimum Gasteiger partial charge on any atom is -0.449 e. The summed E-state index contributed by atoms with van der Waals surface area (Å²) >= 11 is 0. The van der Waals surface area contributed by atoms with E-state index >= 15 is 4.39 Å². The fraction of sp³-hybridized carbons (Fsp3) is 0.138. The molecule has 0 amide bonds. The number of para-hydroxylation sites is 1. The number of halogens is 1. The van der Waals surface area contributed by atoms with Gasteiger partial charge in [0.05, 0.1) is 5.71 Å². The Hall–Kier alpha value is -4.72. The number of hydrogen-bond acceptors (Lipinski definition) is 5. The second kappa shape index (κ2) is 10.9. The van der Waals surface area contributed by atoms with Crippen LogP contribution in [0.1, 0.15) is 34.6 Å². The van der Waals surface area contributed by atoms with Crippen LogP contribution < -0.4 is 10.3 Å². The Morgan fingerprint density at radius 1 is 1.03 bits per heavy atom. The number of carbonyl (C=O) groups is 1.